The van der Waals surface area contributed by atoms with Crippen LogP contribution < -0.4 is 11.1 Å². The summed E-state index contributed by atoms with van der Waals surface area (Å²) in [5.41, 5.74) is 7.96. The average Bonchev–Trinajstić information content (AvgIpc) is 2.47. The van der Waals surface area contributed by atoms with Crippen molar-refractivity contribution in [1.29, 1.82) is 0 Å². The highest BCUT2D eigenvalue weighted by Gasteiger charge is 2.11. The van der Waals surface area contributed by atoms with Crippen LogP contribution in [0.2, 0.25) is 0 Å². The van der Waals surface area contributed by atoms with E-state index in [1.54, 1.807) is 6.07 Å². The summed E-state index contributed by atoms with van der Waals surface area (Å²) >= 11 is 0. The molecular formula is C15H23N3O2. The van der Waals surface area contributed by atoms with Crippen molar-refractivity contribution >= 4 is 11.6 Å². The van der Waals surface area contributed by atoms with E-state index in [1.807, 2.05) is 19.1 Å². The first-order valence-corrected chi connectivity index (χ1v) is 7.11. The van der Waals surface area contributed by atoms with Crippen molar-refractivity contribution in [3.05, 3.63) is 29.3 Å². The number of benzene rings is 1. The number of anilines is 1. The van der Waals surface area contributed by atoms with E-state index in [0.717, 1.165) is 44.8 Å². The SMILES string of the molecule is Cc1ccc(N)c(C(=O)NCCCN2CCOCC2)c1. The number of morpholine rings is 1. The summed E-state index contributed by atoms with van der Waals surface area (Å²) in [6, 6.07) is 5.51. The number of carbonyl (C=O) groups is 1. The molecule has 0 aromatic heterocycles. The minimum absolute atomic E-state index is 0.0897. The molecule has 0 saturated carbocycles. The molecule has 1 aromatic carbocycles. The summed E-state index contributed by atoms with van der Waals surface area (Å²) in [5, 5.41) is 2.93. The van der Waals surface area contributed by atoms with Crippen molar-refractivity contribution in [1.82, 2.24) is 10.2 Å². The molecule has 110 valence electrons. The van der Waals surface area contributed by atoms with Gasteiger partial charge in [0.05, 0.1) is 18.8 Å². The molecular weight excluding hydrogens is 254 g/mol. The molecule has 1 fully saturated rings. The Bertz CT molecular complexity index is 456. The molecule has 0 spiro atoms. The summed E-state index contributed by atoms with van der Waals surface area (Å²) in [6.45, 7) is 7.21. The maximum Gasteiger partial charge on any atom is 0.253 e. The third-order valence-electron chi connectivity index (χ3n) is 3.49. The largest absolute Gasteiger partial charge is 0.398 e. The van der Waals surface area contributed by atoms with Gasteiger partial charge in [0.15, 0.2) is 0 Å². The summed E-state index contributed by atoms with van der Waals surface area (Å²) in [6.07, 6.45) is 0.942. The summed E-state index contributed by atoms with van der Waals surface area (Å²) in [7, 11) is 0. The van der Waals surface area contributed by atoms with Crippen molar-refractivity contribution in [3.8, 4) is 0 Å². The van der Waals surface area contributed by atoms with Gasteiger partial charge >= 0.3 is 0 Å². The predicted octanol–water partition coefficient (Wildman–Crippen LogP) is 1.03. The summed E-state index contributed by atoms with van der Waals surface area (Å²) in [4.78, 5) is 14.4. The van der Waals surface area contributed by atoms with Crippen molar-refractivity contribution < 1.29 is 9.53 Å². The fourth-order valence-electron chi connectivity index (χ4n) is 2.29. The van der Waals surface area contributed by atoms with Gasteiger partial charge in [-0.3, -0.25) is 9.69 Å². The molecule has 1 aromatic rings. The van der Waals surface area contributed by atoms with Gasteiger partial charge in [0.1, 0.15) is 0 Å². The van der Waals surface area contributed by atoms with E-state index in [2.05, 4.69) is 10.2 Å². The molecule has 5 nitrogen and oxygen atoms in total. The van der Waals surface area contributed by atoms with Crippen molar-refractivity contribution in [2.24, 2.45) is 0 Å². The number of nitrogens with one attached hydrogen (secondary N) is 1. The van der Waals surface area contributed by atoms with Crippen LogP contribution in [0.5, 0.6) is 0 Å². The molecule has 0 unspecified atom stereocenters. The Morgan fingerprint density at radius 1 is 1.40 bits per heavy atom. The van der Waals surface area contributed by atoms with Crippen molar-refractivity contribution in [2.45, 2.75) is 13.3 Å². The van der Waals surface area contributed by atoms with E-state index in [9.17, 15) is 4.79 Å². The van der Waals surface area contributed by atoms with Gasteiger partial charge in [0.25, 0.3) is 5.91 Å². The Morgan fingerprint density at radius 2 is 2.15 bits per heavy atom. The van der Waals surface area contributed by atoms with Crippen LogP contribution in [0, 0.1) is 6.92 Å². The number of hydrogen-bond donors (Lipinski definition) is 2. The summed E-state index contributed by atoms with van der Waals surface area (Å²) in [5.74, 6) is -0.0897. The molecule has 0 bridgehead atoms. The van der Waals surface area contributed by atoms with Gasteiger partial charge in [0.2, 0.25) is 0 Å². The van der Waals surface area contributed by atoms with E-state index >= 15 is 0 Å². The van der Waals surface area contributed by atoms with Crippen LogP contribution in [-0.2, 0) is 4.74 Å². The number of nitrogens with two attached hydrogens (primary N) is 1. The molecule has 1 heterocycles. The smallest absolute Gasteiger partial charge is 0.253 e. The molecule has 0 radical (unpaired) electrons. The Hall–Kier alpha value is -1.59. The zero-order valence-corrected chi connectivity index (χ0v) is 12.0. The van der Waals surface area contributed by atoms with Gasteiger partial charge in [0, 0.05) is 25.3 Å². The molecule has 20 heavy (non-hydrogen) atoms. The predicted molar refractivity (Wildman–Crippen MR) is 79.8 cm³/mol. The third-order valence-corrected chi connectivity index (χ3v) is 3.49. The fourth-order valence-corrected chi connectivity index (χ4v) is 2.29. The molecule has 0 atom stereocenters. The van der Waals surface area contributed by atoms with E-state index < -0.39 is 0 Å². The number of hydrogen-bond acceptors (Lipinski definition) is 4. The van der Waals surface area contributed by atoms with Crippen LogP contribution in [-0.4, -0.2) is 50.2 Å². The van der Waals surface area contributed by atoms with Gasteiger partial charge in [-0.15, -0.1) is 0 Å². The van der Waals surface area contributed by atoms with Crippen LogP contribution in [0.3, 0.4) is 0 Å². The quantitative estimate of drug-likeness (QED) is 0.623. The Labute approximate surface area is 120 Å². The normalized spacial score (nSPS) is 16.1. The lowest BCUT2D eigenvalue weighted by atomic mass is 10.1. The minimum Gasteiger partial charge on any atom is -0.398 e. The molecule has 1 aliphatic heterocycles. The monoisotopic (exact) mass is 277 g/mol. The zero-order chi connectivity index (χ0) is 14.4. The lowest BCUT2D eigenvalue weighted by Gasteiger charge is -2.26. The molecule has 1 aliphatic rings. The van der Waals surface area contributed by atoms with Gasteiger partial charge in [-0.2, -0.15) is 0 Å². The number of amides is 1. The highest BCUT2D eigenvalue weighted by atomic mass is 16.5. The van der Waals surface area contributed by atoms with Gasteiger partial charge in [-0.05, 0) is 32.0 Å². The summed E-state index contributed by atoms with van der Waals surface area (Å²) < 4.78 is 5.30. The standard InChI is InChI=1S/C15H23N3O2/c1-12-3-4-14(16)13(11-12)15(19)17-5-2-6-18-7-9-20-10-8-18/h3-4,11H,2,5-10,16H2,1H3,(H,17,19). The fraction of sp³-hybridized carbons (Fsp3) is 0.533. The van der Waals surface area contributed by atoms with Crippen molar-refractivity contribution in [3.63, 3.8) is 0 Å². The topological polar surface area (TPSA) is 67.6 Å². The van der Waals surface area contributed by atoms with E-state index in [4.69, 9.17) is 10.5 Å². The van der Waals surface area contributed by atoms with Gasteiger partial charge in [-0.25, -0.2) is 0 Å². The molecule has 3 N–H and O–H groups in total. The number of carbonyl (C=O) groups excluding carboxylic acids is 1. The van der Waals surface area contributed by atoms with Crippen LogP contribution >= 0.6 is 0 Å². The van der Waals surface area contributed by atoms with E-state index in [1.165, 1.54) is 0 Å². The lowest BCUT2D eigenvalue weighted by Crippen LogP contribution is -2.38. The van der Waals surface area contributed by atoms with Crippen LogP contribution in [0.1, 0.15) is 22.3 Å². The first-order valence-electron chi connectivity index (χ1n) is 7.11. The van der Waals surface area contributed by atoms with Crippen LogP contribution in [0.4, 0.5) is 5.69 Å². The number of ether oxygens (including phenoxy) is 1. The lowest BCUT2D eigenvalue weighted by molar-refractivity contribution is 0.0374. The van der Waals surface area contributed by atoms with Crippen LogP contribution in [0.15, 0.2) is 18.2 Å². The second-order valence-corrected chi connectivity index (χ2v) is 5.15. The zero-order valence-electron chi connectivity index (χ0n) is 12.0. The van der Waals surface area contributed by atoms with Crippen molar-refractivity contribution in [2.75, 3.05) is 45.1 Å². The van der Waals surface area contributed by atoms with E-state index in [0.29, 0.717) is 17.8 Å². The molecule has 0 aliphatic carbocycles. The molecule has 1 saturated heterocycles. The second kappa shape index (κ2) is 7.26. The maximum atomic E-state index is 12.0. The third kappa shape index (κ3) is 4.21. The molecule has 5 heteroatoms. The Kier molecular flexibility index (Phi) is 5.38. The Morgan fingerprint density at radius 3 is 2.90 bits per heavy atom. The number of aryl methyl sites for hydroxylation is 1. The first kappa shape index (κ1) is 14.8. The highest BCUT2D eigenvalue weighted by Crippen LogP contribution is 2.13. The van der Waals surface area contributed by atoms with E-state index in [-0.39, 0.29) is 5.91 Å². The maximum absolute atomic E-state index is 12.0. The highest BCUT2D eigenvalue weighted by molar-refractivity contribution is 5.99. The number of nitrogens with zero attached hydrogens (tertiary/aromatic N) is 1. The first-order chi connectivity index (χ1) is 9.66. The second-order valence-electron chi connectivity index (χ2n) is 5.15. The Balaban J connectivity index is 1.73. The molecule has 1 amide bonds. The number of rotatable bonds is 5. The number of nitrogen functional groups attached to an aromatic ring is 1. The molecule has 2 rings (SSSR count). The van der Waals surface area contributed by atoms with Crippen LogP contribution in [0.25, 0.3) is 0 Å². The average molecular weight is 277 g/mol. The van der Waals surface area contributed by atoms with Gasteiger partial charge in [-0.1, -0.05) is 11.6 Å². The minimum atomic E-state index is -0.0897. The van der Waals surface area contributed by atoms with Gasteiger partial charge < -0.3 is 15.8 Å².